The Kier molecular flexibility index (Phi) is 3.56. The maximum Gasteiger partial charge on any atom is 0.418 e. The van der Waals surface area contributed by atoms with Crippen LogP contribution in [0.2, 0.25) is 0 Å². The molecule has 5 nitrogen and oxygen atoms in total. The number of alkyl halides is 3. The first kappa shape index (κ1) is 13.2. The van der Waals surface area contributed by atoms with E-state index in [2.05, 4.69) is 4.74 Å². The van der Waals surface area contributed by atoms with Crippen molar-refractivity contribution < 1.29 is 27.9 Å². The highest BCUT2D eigenvalue weighted by atomic mass is 19.4. The molecule has 0 saturated carbocycles. The molecule has 0 spiro atoms. The van der Waals surface area contributed by atoms with Gasteiger partial charge in [0.25, 0.3) is 5.69 Å². The number of nitro benzene ring substituents is 1. The van der Waals surface area contributed by atoms with E-state index in [4.69, 9.17) is 5.11 Å². The van der Waals surface area contributed by atoms with Crippen molar-refractivity contribution in [1.82, 2.24) is 0 Å². The Balaban J connectivity index is 3.42. The second-order valence-corrected chi connectivity index (χ2v) is 3.09. The number of hydrogen-bond acceptors (Lipinski definition) is 4. The third-order valence-corrected chi connectivity index (χ3v) is 2.04. The largest absolute Gasteiger partial charge is 0.496 e. The zero-order valence-corrected chi connectivity index (χ0v) is 8.56. The van der Waals surface area contributed by atoms with E-state index in [1.54, 1.807) is 0 Å². The van der Waals surface area contributed by atoms with Crippen molar-refractivity contribution in [3.8, 4) is 5.75 Å². The van der Waals surface area contributed by atoms with Gasteiger partial charge in [0.15, 0.2) is 6.10 Å². The summed E-state index contributed by atoms with van der Waals surface area (Å²) in [6.45, 7) is 0. The Hall–Kier alpha value is -1.83. The van der Waals surface area contributed by atoms with E-state index in [0.29, 0.717) is 0 Å². The molecule has 1 aromatic rings. The zero-order chi connectivity index (χ0) is 13.2. The van der Waals surface area contributed by atoms with Crippen molar-refractivity contribution in [1.29, 1.82) is 0 Å². The minimum absolute atomic E-state index is 0.385. The average Bonchev–Trinajstić information content (AvgIpc) is 2.25. The molecule has 0 aliphatic carbocycles. The standard InChI is InChI=1S/C9H8F3NO4/c1-17-6-4-2-3-5(13(15)16)7(6)8(14)9(10,11)12/h2-4,8,14H,1H3. The number of aliphatic hydroxyl groups is 1. The average molecular weight is 251 g/mol. The number of hydrogen-bond donors (Lipinski definition) is 1. The van der Waals surface area contributed by atoms with Gasteiger partial charge < -0.3 is 9.84 Å². The van der Waals surface area contributed by atoms with E-state index in [1.807, 2.05) is 0 Å². The van der Waals surface area contributed by atoms with Gasteiger partial charge in [-0.15, -0.1) is 0 Å². The van der Waals surface area contributed by atoms with Crippen LogP contribution in [0.5, 0.6) is 5.75 Å². The molecule has 0 aliphatic heterocycles. The lowest BCUT2D eigenvalue weighted by atomic mass is 10.1. The molecule has 1 unspecified atom stereocenters. The molecule has 1 aromatic carbocycles. The molecule has 0 aliphatic rings. The van der Waals surface area contributed by atoms with Gasteiger partial charge in [0.05, 0.1) is 12.0 Å². The van der Waals surface area contributed by atoms with Crippen LogP contribution in [-0.4, -0.2) is 23.3 Å². The van der Waals surface area contributed by atoms with Crippen molar-refractivity contribution in [2.75, 3.05) is 7.11 Å². The van der Waals surface area contributed by atoms with Gasteiger partial charge in [0.2, 0.25) is 0 Å². The van der Waals surface area contributed by atoms with Gasteiger partial charge in [0.1, 0.15) is 11.3 Å². The summed E-state index contributed by atoms with van der Waals surface area (Å²) in [6.07, 6.45) is -7.96. The molecule has 8 heteroatoms. The van der Waals surface area contributed by atoms with E-state index < -0.39 is 28.5 Å². The molecule has 0 fully saturated rings. The Morgan fingerprint density at radius 2 is 2.06 bits per heavy atom. The Morgan fingerprint density at radius 1 is 1.47 bits per heavy atom. The van der Waals surface area contributed by atoms with Crippen LogP contribution in [0, 0.1) is 10.1 Å². The summed E-state index contributed by atoms with van der Waals surface area (Å²) < 4.78 is 41.7. The number of rotatable bonds is 3. The molecule has 1 atom stereocenters. The molecule has 0 aromatic heterocycles. The lowest BCUT2D eigenvalue weighted by molar-refractivity contribution is -0.387. The van der Waals surface area contributed by atoms with E-state index in [1.165, 1.54) is 6.07 Å². The summed E-state index contributed by atoms with van der Waals surface area (Å²) in [5, 5.41) is 19.7. The quantitative estimate of drug-likeness (QED) is 0.660. The lowest BCUT2D eigenvalue weighted by Gasteiger charge is -2.17. The number of halogens is 3. The zero-order valence-electron chi connectivity index (χ0n) is 8.56. The number of aliphatic hydroxyl groups excluding tert-OH is 1. The van der Waals surface area contributed by atoms with Crippen LogP contribution in [0.15, 0.2) is 18.2 Å². The van der Waals surface area contributed by atoms with Crippen molar-refractivity contribution in [3.05, 3.63) is 33.9 Å². The first-order valence-electron chi connectivity index (χ1n) is 4.35. The fourth-order valence-corrected chi connectivity index (χ4v) is 1.31. The van der Waals surface area contributed by atoms with Gasteiger partial charge in [-0.1, -0.05) is 6.07 Å². The summed E-state index contributed by atoms with van der Waals surface area (Å²) in [6, 6.07) is 3.15. The second kappa shape index (κ2) is 4.58. The smallest absolute Gasteiger partial charge is 0.418 e. The molecule has 0 bridgehead atoms. The maximum absolute atomic E-state index is 12.4. The molecular formula is C9H8F3NO4. The molecule has 1 N–H and O–H groups in total. The highest BCUT2D eigenvalue weighted by molar-refractivity contribution is 5.51. The van der Waals surface area contributed by atoms with E-state index in [-0.39, 0.29) is 5.75 Å². The summed E-state index contributed by atoms with van der Waals surface area (Å²) in [4.78, 5) is 9.59. The van der Waals surface area contributed by atoms with Crippen molar-refractivity contribution in [3.63, 3.8) is 0 Å². The van der Waals surface area contributed by atoms with Gasteiger partial charge in [-0.05, 0) is 6.07 Å². The van der Waals surface area contributed by atoms with Crippen molar-refractivity contribution in [2.45, 2.75) is 12.3 Å². The minimum atomic E-state index is -5.00. The molecule has 94 valence electrons. The van der Waals surface area contributed by atoms with Crippen LogP contribution in [0.3, 0.4) is 0 Å². The molecule has 0 saturated heterocycles. The molecular weight excluding hydrogens is 243 g/mol. The van der Waals surface area contributed by atoms with Crippen LogP contribution in [0.1, 0.15) is 11.7 Å². The van der Waals surface area contributed by atoms with Crippen LogP contribution >= 0.6 is 0 Å². The van der Waals surface area contributed by atoms with E-state index in [0.717, 1.165) is 19.2 Å². The van der Waals surface area contributed by atoms with Gasteiger partial charge in [-0.2, -0.15) is 13.2 Å². The number of ether oxygens (including phenoxy) is 1. The summed E-state index contributed by atoms with van der Waals surface area (Å²) in [5.74, 6) is -0.385. The minimum Gasteiger partial charge on any atom is -0.496 e. The summed E-state index contributed by atoms with van der Waals surface area (Å²) >= 11 is 0. The Labute approximate surface area is 93.6 Å². The van der Waals surface area contributed by atoms with Gasteiger partial charge in [0, 0.05) is 6.07 Å². The maximum atomic E-state index is 12.4. The fraction of sp³-hybridized carbons (Fsp3) is 0.333. The third-order valence-electron chi connectivity index (χ3n) is 2.04. The van der Waals surface area contributed by atoms with Crippen LogP contribution < -0.4 is 4.74 Å². The highest BCUT2D eigenvalue weighted by Gasteiger charge is 2.44. The van der Waals surface area contributed by atoms with Gasteiger partial charge in [-0.25, -0.2) is 0 Å². The third kappa shape index (κ3) is 2.64. The molecule has 0 heterocycles. The molecule has 17 heavy (non-hydrogen) atoms. The van der Waals surface area contributed by atoms with Crippen molar-refractivity contribution >= 4 is 5.69 Å². The Bertz CT molecular complexity index is 433. The first-order chi connectivity index (χ1) is 7.79. The molecule has 0 amide bonds. The normalized spacial score (nSPS) is 13.2. The summed E-state index contributed by atoms with van der Waals surface area (Å²) in [7, 11) is 1.06. The SMILES string of the molecule is COc1cccc([N+](=O)[O-])c1C(O)C(F)(F)F. The van der Waals surface area contributed by atoms with Crippen LogP contribution in [-0.2, 0) is 0 Å². The summed E-state index contributed by atoms with van der Waals surface area (Å²) in [5.41, 5.74) is -1.73. The predicted molar refractivity (Wildman–Crippen MR) is 50.7 cm³/mol. The number of benzene rings is 1. The van der Waals surface area contributed by atoms with E-state index >= 15 is 0 Å². The predicted octanol–water partition coefficient (Wildman–Crippen LogP) is 2.20. The number of methoxy groups -OCH3 is 1. The Morgan fingerprint density at radius 3 is 2.47 bits per heavy atom. The van der Waals surface area contributed by atoms with Gasteiger partial charge in [-0.3, -0.25) is 10.1 Å². The number of nitro groups is 1. The number of nitrogens with zero attached hydrogens (tertiary/aromatic N) is 1. The first-order valence-corrected chi connectivity index (χ1v) is 4.35. The monoisotopic (exact) mass is 251 g/mol. The van der Waals surface area contributed by atoms with Gasteiger partial charge >= 0.3 is 6.18 Å². The van der Waals surface area contributed by atoms with Crippen LogP contribution in [0.25, 0.3) is 0 Å². The highest BCUT2D eigenvalue weighted by Crippen LogP contribution is 2.41. The topological polar surface area (TPSA) is 72.6 Å². The van der Waals surface area contributed by atoms with Crippen LogP contribution in [0.4, 0.5) is 18.9 Å². The van der Waals surface area contributed by atoms with E-state index in [9.17, 15) is 23.3 Å². The fourth-order valence-electron chi connectivity index (χ4n) is 1.31. The molecule has 1 rings (SSSR count). The lowest BCUT2D eigenvalue weighted by Crippen LogP contribution is -2.21. The molecule has 0 radical (unpaired) electrons. The van der Waals surface area contributed by atoms with Crippen molar-refractivity contribution in [2.24, 2.45) is 0 Å². The second-order valence-electron chi connectivity index (χ2n) is 3.09.